The molecule has 0 aliphatic rings. The van der Waals surface area contributed by atoms with Gasteiger partial charge in [0.05, 0.1) is 6.10 Å². The van der Waals surface area contributed by atoms with Crippen LogP contribution in [-0.4, -0.2) is 5.11 Å². The van der Waals surface area contributed by atoms with E-state index in [1.165, 1.54) is 12.1 Å². The molecule has 0 saturated heterocycles. The van der Waals surface area contributed by atoms with E-state index < -0.39 is 12.5 Å². The minimum Gasteiger partial charge on any atom is -0.388 e. The first-order valence-corrected chi connectivity index (χ1v) is 6.13. The fraction of sp³-hybridized carbons (Fsp3) is 0.231. The number of halogens is 2. The normalized spacial score (nSPS) is 12.9. The fourth-order valence-corrected chi connectivity index (χ4v) is 2.34. The van der Waals surface area contributed by atoms with E-state index in [1.807, 2.05) is 17.5 Å². The van der Waals surface area contributed by atoms with Crippen LogP contribution in [-0.2, 0) is 6.42 Å². The highest BCUT2D eigenvalue weighted by atomic mass is 32.1. The molecule has 0 bridgehead atoms. The van der Waals surface area contributed by atoms with Gasteiger partial charge in [-0.1, -0.05) is 30.3 Å². The van der Waals surface area contributed by atoms with Crippen LogP contribution in [0.4, 0.5) is 8.78 Å². The monoisotopic (exact) mass is 254 g/mol. The van der Waals surface area contributed by atoms with Gasteiger partial charge in [-0.2, -0.15) is 0 Å². The van der Waals surface area contributed by atoms with E-state index in [-0.39, 0.29) is 5.56 Å². The zero-order chi connectivity index (χ0) is 12.3. The number of thiophene rings is 1. The van der Waals surface area contributed by atoms with Gasteiger partial charge in [0, 0.05) is 16.9 Å². The SMILES string of the molecule is OC(Cc1cccs1)c1ccc(C(F)F)cc1. The van der Waals surface area contributed by atoms with Crippen LogP contribution in [0.25, 0.3) is 0 Å². The molecule has 0 aliphatic carbocycles. The van der Waals surface area contributed by atoms with Gasteiger partial charge in [-0.3, -0.25) is 0 Å². The van der Waals surface area contributed by atoms with Gasteiger partial charge in [0.1, 0.15) is 0 Å². The third-order valence-electron chi connectivity index (χ3n) is 2.55. The van der Waals surface area contributed by atoms with Crippen molar-refractivity contribution in [3.63, 3.8) is 0 Å². The van der Waals surface area contributed by atoms with Crippen molar-refractivity contribution in [1.29, 1.82) is 0 Å². The number of alkyl halides is 2. The number of rotatable bonds is 4. The Balaban J connectivity index is 2.06. The van der Waals surface area contributed by atoms with Gasteiger partial charge in [-0.15, -0.1) is 11.3 Å². The maximum atomic E-state index is 12.3. The summed E-state index contributed by atoms with van der Waals surface area (Å²) in [5.41, 5.74) is 0.653. The molecule has 0 fully saturated rings. The summed E-state index contributed by atoms with van der Waals surface area (Å²) in [6.07, 6.45) is -2.58. The molecule has 4 heteroatoms. The van der Waals surface area contributed by atoms with Crippen LogP contribution in [0.3, 0.4) is 0 Å². The van der Waals surface area contributed by atoms with Gasteiger partial charge in [0.25, 0.3) is 6.43 Å². The van der Waals surface area contributed by atoms with Crippen LogP contribution in [0.15, 0.2) is 41.8 Å². The van der Waals surface area contributed by atoms with Crippen molar-refractivity contribution in [2.24, 2.45) is 0 Å². The molecule has 90 valence electrons. The van der Waals surface area contributed by atoms with Crippen molar-refractivity contribution < 1.29 is 13.9 Å². The molecule has 0 saturated carbocycles. The lowest BCUT2D eigenvalue weighted by molar-refractivity contribution is 0.151. The Morgan fingerprint density at radius 1 is 1.06 bits per heavy atom. The van der Waals surface area contributed by atoms with Gasteiger partial charge in [0.15, 0.2) is 0 Å². The van der Waals surface area contributed by atoms with E-state index in [0.29, 0.717) is 12.0 Å². The lowest BCUT2D eigenvalue weighted by Crippen LogP contribution is -2.00. The Labute approximate surface area is 102 Å². The smallest absolute Gasteiger partial charge is 0.263 e. The van der Waals surface area contributed by atoms with Crippen molar-refractivity contribution >= 4 is 11.3 Å². The number of hydrogen-bond acceptors (Lipinski definition) is 2. The maximum absolute atomic E-state index is 12.3. The van der Waals surface area contributed by atoms with Crippen molar-refractivity contribution in [3.05, 3.63) is 57.8 Å². The number of aliphatic hydroxyl groups is 1. The van der Waals surface area contributed by atoms with Crippen LogP contribution in [0.5, 0.6) is 0 Å². The highest BCUT2D eigenvalue weighted by molar-refractivity contribution is 7.09. The van der Waals surface area contributed by atoms with E-state index >= 15 is 0 Å². The van der Waals surface area contributed by atoms with Crippen LogP contribution in [0.1, 0.15) is 28.5 Å². The summed E-state index contributed by atoms with van der Waals surface area (Å²) in [6.45, 7) is 0. The first kappa shape index (κ1) is 12.2. The van der Waals surface area contributed by atoms with Gasteiger partial charge < -0.3 is 5.11 Å². The quantitative estimate of drug-likeness (QED) is 0.875. The molecule has 1 aromatic carbocycles. The van der Waals surface area contributed by atoms with Crippen molar-refractivity contribution in [2.75, 3.05) is 0 Å². The predicted molar refractivity (Wildman–Crippen MR) is 64.4 cm³/mol. The van der Waals surface area contributed by atoms with E-state index in [1.54, 1.807) is 23.5 Å². The Kier molecular flexibility index (Phi) is 3.86. The second kappa shape index (κ2) is 5.38. The lowest BCUT2D eigenvalue weighted by atomic mass is 10.0. The van der Waals surface area contributed by atoms with Crippen LogP contribution < -0.4 is 0 Å². The number of hydrogen-bond donors (Lipinski definition) is 1. The molecule has 0 spiro atoms. The molecule has 1 atom stereocenters. The fourth-order valence-electron chi connectivity index (χ4n) is 1.60. The average Bonchev–Trinajstić information content (AvgIpc) is 2.82. The molecule has 1 N–H and O–H groups in total. The van der Waals surface area contributed by atoms with Crippen molar-refractivity contribution in [3.8, 4) is 0 Å². The van der Waals surface area contributed by atoms with E-state index in [4.69, 9.17) is 0 Å². The van der Waals surface area contributed by atoms with E-state index in [2.05, 4.69) is 0 Å². The second-order valence-corrected chi connectivity index (χ2v) is 4.80. The highest BCUT2D eigenvalue weighted by Crippen LogP contribution is 2.24. The van der Waals surface area contributed by atoms with Gasteiger partial charge >= 0.3 is 0 Å². The minimum atomic E-state index is -2.46. The maximum Gasteiger partial charge on any atom is 0.263 e. The zero-order valence-corrected chi connectivity index (χ0v) is 9.83. The second-order valence-electron chi connectivity index (χ2n) is 3.77. The molecule has 1 aromatic heterocycles. The molecular weight excluding hydrogens is 242 g/mol. The molecule has 0 aliphatic heterocycles. The Bertz CT molecular complexity index is 451. The summed E-state index contributed by atoms with van der Waals surface area (Å²) in [5, 5.41) is 11.9. The van der Waals surface area contributed by atoms with Crippen molar-refractivity contribution in [1.82, 2.24) is 0 Å². The lowest BCUT2D eigenvalue weighted by Gasteiger charge is -2.10. The minimum absolute atomic E-state index is 0.0166. The van der Waals surface area contributed by atoms with Crippen LogP contribution in [0, 0.1) is 0 Å². The van der Waals surface area contributed by atoms with Gasteiger partial charge in [-0.05, 0) is 17.0 Å². The Hall–Kier alpha value is -1.26. The zero-order valence-electron chi connectivity index (χ0n) is 9.01. The van der Waals surface area contributed by atoms with Crippen molar-refractivity contribution in [2.45, 2.75) is 19.0 Å². The third kappa shape index (κ3) is 3.11. The summed E-state index contributed by atoms with van der Waals surface area (Å²) >= 11 is 1.57. The third-order valence-corrected chi connectivity index (χ3v) is 3.45. The molecule has 2 aromatic rings. The molecule has 17 heavy (non-hydrogen) atoms. The van der Waals surface area contributed by atoms with E-state index in [0.717, 1.165) is 4.88 Å². The number of benzene rings is 1. The summed E-state index contributed by atoms with van der Waals surface area (Å²) < 4.78 is 24.7. The summed E-state index contributed by atoms with van der Waals surface area (Å²) in [4.78, 5) is 1.08. The molecule has 2 rings (SSSR count). The summed E-state index contributed by atoms with van der Waals surface area (Å²) in [5.74, 6) is 0. The molecule has 1 heterocycles. The summed E-state index contributed by atoms with van der Waals surface area (Å²) in [6, 6.07) is 9.70. The Morgan fingerprint density at radius 3 is 2.24 bits per heavy atom. The molecule has 0 radical (unpaired) electrons. The average molecular weight is 254 g/mol. The van der Waals surface area contributed by atoms with Crippen LogP contribution >= 0.6 is 11.3 Å². The largest absolute Gasteiger partial charge is 0.388 e. The molecule has 1 nitrogen and oxygen atoms in total. The van der Waals surface area contributed by atoms with Crippen LogP contribution in [0.2, 0.25) is 0 Å². The first-order valence-electron chi connectivity index (χ1n) is 5.25. The first-order chi connectivity index (χ1) is 8.16. The number of aliphatic hydroxyl groups excluding tert-OH is 1. The topological polar surface area (TPSA) is 20.2 Å². The summed E-state index contributed by atoms with van der Waals surface area (Å²) in [7, 11) is 0. The van der Waals surface area contributed by atoms with Gasteiger partial charge in [-0.25, -0.2) is 8.78 Å². The van der Waals surface area contributed by atoms with E-state index in [9.17, 15) is 13.9 Å². The molecular formula is C13H12F2OS. The molecule has 1 unspecified atom stereocenters. The highest BCUT2D eigenvalue weighted by Gasteiger charge is 2.11. The Morgan fingerprint density at radius 2 is 1.71 bits per heavy atom. The standard InChI is InChI=1S/C13H12F2OS/c14-13(15)10-5-3-9(4-6-10)12(16)8-11-2-1-7-17-11/h1-7,12-13,16H,8H2. The predicted octanol–water partition coefficient (Wildman–Crippen LogP) is 3.96. The molecule has 0 amide bonds. The van der Waals surface area contributed by atoms with Gasteiger partial charge in [0.2, 0.25) is 0 Å².